The van der Waals surface area contributed by atoms with Crippen LogP contribution in [0.4, 0.5) is 0 Å². The average molecular weight is 472 g/mol. The quantitative estimate of drug-likeness (QED) is 0.550. The molecule has 2 atom stereocenters. The molecule has 0 aliphatic heterocycles. The molecular formula is C23H26ClN5O2S. The highest BCUT2D eigenvalue weighted by Gasteiger charge is 2.30. The van der Waals surface area contributed by atoms with Crippen LogP contribution in [0.1, 0.15) is 45.1 Å². The van der Waals surface area contributed by atoms with Gasteiger partial charge in [-0.25, -0.2) is 4.98 Å². The van der Waals surface area contributed by atoms with Crippen molar-refractivity contribution in [2.75, 3.05) is 14.1 Å². The monoisotopic (exact) mass is 471 g/mol. The van der Waals surface area contributed by atoms with Gasteiger partial charge in [-0.2, -0.15) is 0 Å². The highest BCUT2D eigenvalue weighted by Crippen LogP contribution is 2.24. The van der Waals surface area contributed by atoms with Crippen LogP contribution in [0.15, 0.2) is 48.8 Å². The van der Waals surface area contributed by atoms with Gasteiger partial charge >= 0.3 is 0 Å². The summed E-state index contributed by atoms with van der Waals surface area (Å²) in [6, 6.07) is 10.7. The molecule has 0 spiro atoms. The molecule has 3 aromatic rings. The second-order valence-electron chi connectivity index (χ2n) is 8.19. The van der Waals surface area contributed by atoms with E-state index in [2.05, 4.69) is 20.5 Å². The van der Waals surface area contributed by atoms with Crippen molar-refractivity contribution in [3.05, 3.63) is 69.4 Å². The lowest BCUT2D eigenvalue weighted by atomic mass is 10.1. The van der Waals surface area contributed by atoms with Crippen LogP contribution in [0, 0.1) is 0 Å². The predicted octanol–water partition coefficient (Wildman–Crippen LogP) is 3.73. The molecule has 1 fully saturated rings. The zero-order valence-corrected chi connectivity index (χ0v) is 19.6. The molecule has 0 unspecified atom stereocenters. The van der Waals surface area contributed by atoms with Crippen LogP contribution in [0.3, 0.4) is 0 Å². The first kappa shape index (κ1) is 22.5. The normalized spacial score (nSPS) is 18.1. The van der Waals surface area contributed by atoms with Crippen molar-refractivity contribution >= 4 is 34.8 Å². The van der Waals surface area contributed by atoms with Crippen LogP contribution in [-0.4, -0.2) is 52.4 Å². The minimum absolute atomic E-state index is 0.0915. The molecule has 2 aromatic heterocycles. The molecule has 1 aliphatic rings. The number of amides is 2. The molecule has 168 valence electrons. The lowest BCUT2D eigenvalue weighted by Gasteiger charge is -2.22. The minimum Gasteiger partial charge on any atom is -0.347 e. The maximum absolute atomic E-state index is 12.9. The summed E-state index contributed by atoms with van der Waals surface area (Å²) in [4.78, 5) is 32.4. The number of aromatic nitrogens is 2. The number of nitrogens with zero attached hydrogens (tertiary/aromatic N) is 3. The number of benzene rings is 1. The molecular weight excluding hydrogens is 446 g/mol. The third kappa shape index (κ3) is 5.20. The predicted molar refractivity (Wildman–Crippen MR) is 127 cm³/mol. The number of rotatable bonds is 7. The van der Waals surface area contributed by atoms with Gasteiger partial charge < -0.3 is 20.1 Å². The van der Waals surface area contributed by atoms with Crippen LogP contribution in [0.25, 0.3) is 5.69 Å². The number of halogens is 1. The van der Waals surface area contributed by atoms with Crippen LogP contribution in [-0.2, 0) is 6.54 Å². The summed E-state index contributed by atoms with van der Waals surface area (Å²) in [6.45, 7) is 0.724. The Labute approximate surface area is 196 Å². The second kappa shape index (κ2) is 9.85. The van der Waals surface area contributed by atoms with E-state index in [1.54, 1.807) is 18.3 Å². The van der Waals surface area contributed by atoms with Crippen LogP contribution >= 0.6 is 22.9 Å². The molecule has 1 aliphatic carbocycles. The van der Waals surface area contributed by atoms with E-state index in [1.165, 1.54) is 11.3 Å². The van der Waals surface area contributed by atoms with Gasteiger partial charge in [-0.05, 0) is 69.8 Å². The molecule has 2 N–H and O–H groups in total. The number of thiophene rings is 1. The van der Waals surface area contributed by atoms with Crippen molar-refractivity contribution in [3.8, 4) is 5.69 Å². The van der Waals surface area contributed by atoms with E-state index >= 15 is 0 Å². The highest BCUT2D eigenvalue weighted by molar-refractivity contribution is 7.18. The smallest absolute Gasteiger partial charge is 0.261 e. The molecule has 1 saturated carbocycles. The van der Waals surface area contributed by atoms with E-state index in [0.29, 0.717) is 14.8 Å². The lowest BCUT2D eigenvalue weighted by Crippen LogP contribution is -2.48. The summed E-state index contributed by atoms with van der Waals surface area (Å²) >= 11 is 7.19. The first-order valence-electron chi connectivity index (χ1n) is 10.5. The van der Waals surface area contributed by atoms with Gasteiger partial charge in [-0.15, -0.1) is 11.3 Å². The summed E-state index contributed by atoms with van der Waals surface area (Å²) in [5.74, 6) is 0.649. The number of hydrogen-bond acceptors (Lipinski definition) is 5. The third-order valence-electron chi connectivity index (χ3n) is 5.53. The van der Waals surface area contributed by atoms with Gasteiger partial charge in [-0.3, -0.25) is 9.59 Å². The van der Waals surface area contributed by atoms with Gasteiger partial charge in [-0.1, -0.05) is 11.6 Å². The van der Waals surface area contributed by atoms with E-state index in [0.717, 1.165) is 37.3 Å². The zero-order valence-electron chi connectivity index (χ0n) is 18.0. The molecule has 0 radical (unpaired) electrons. The molecule has 7 nitrogen and oxygen atoms in total. The van der Waals surface area contributed by atoms with Crippen LogP contribution < -0.4 is 10.6 Å². The Bertz CT molecular complexity index is 1090. The maximum atomic E-state index is 12.9. The SMILES string of the molecule is CN(C)Cc1nccn1-c1ccc(C(=O)N[C@H]2CCC[C@H]2NC(=O)c2ccc(Cl)s2)cc1. The zero-order chi connectivity index (χ0) is 22.7. The number of carbonyl (C=O) groups is 2. The molecule has 9 heteroatoms. The summed E-state index contributed by atoms with van der Waals surface area (Å²) in [5, 5.41) is 6.15. The van der Waals surface area contributed by atoms with E-state index < -0.39 is 0 Å². The Morgan fingerprint density at radius 3 is 2.41 bits per heavy atom. The largest absolute Gasteiger partial charge is 0.347 e. The number of imidazole rings is 1. The first-order chi connectivity index (χ1) is 15.4. The molecule has 1 aromatic carbocycles. The van der Waals surface area contributed by atoms with Crippen LogP contribution in [0.5, 0.6) is 0 Å². The van der Waals surface area contributed by atoms with Crippen LogP contribution in [0.2, 0.25) is 4.34 Å². The summed E-state index contributed by atoms with van der Waals surface area (Å²) in [5.41, 5.74) is 1.54. The Morgan fingerprint density at radius 1 is 1.09 bits per heavy atom. The number of nitrogens with one attached hydrogen (secondary N) is 2. The van der Waals surface area contributed by atoms with Crippen molar-refractivity contribution in [1.82, 2.24) is 25.1 Å². The number of carbonyl (C=O) groups excluding carboxylic acids is 2. The Kier molecular flexibility index (Phi) is 6.93. The first-order valence-corrected chi connectivity index (χ1v) is 11.7. The molecule has 2 heterocycles. The van der Waals surface area contributed by atoms with E-state index in [4.69, 9.17) is 11.6 Å². The van der Waals surface area contributed by atoms with Gasteiger partial charge in [0.05, 0.1) is 15.8 Å². The Hall–Kier alpha value is -2.68. The standard InChI is InChI=1S/C23H26ClN5O2S/c1-28(2)14-21-25-12-13-29(21)16-8-6-15(7-9-16)22(30)26-17-4-3-5-18(17)27-23(31)19-10-11-20(24)32-19/h6-13,17-18H,3-5,14H2,1-2H3,(H,26,30)(H,27,31)/t17-,18+/m0/s1. The van der Waals surface area contributed by atoms with Gasteiger partial charge in [0.1, 0.15) is 5.82 Å². The van der Waals surface area contributed by atoms with Crippen molar-refractivity contribution in [1.29, 1.82) is 0 Å². The fourth-order valence-corrected chi connectivity index (χ4v) is 4.92. The summed E-state index contributed by atoms with van der Waals surface area (Å²) in [7, 11) is 4.00. The highest BCUT2D eigenvalue weighted by atomic mass is 35.5. The topological polar surface area (TPSA) is 79.3 Å². The lowest BCUT2D eigenvalue weighted by molar-refractivity contribution is 0.0894. The number of hydrogen-bond donors (Lipinski definition) is 2. The minimum atomic E-state index is -0.147. The molecule has 4 rings (SSSR count). The average Bonchev–Trinajstić information content (AvgIpc) is 3.50. The fraction of sp³-hybridized carbons (Fsp3) is 0.348. The van der Waals surface area contributed by atoms with E-state index in [1.807, 2.05) is 49.1 Å². The van der Waals surface area contributed by atoms with E-state index in [-0.39, 0.29) is 23.9 Å². The van der Waals surface area contributed by atoms with E-state index in [9.17, 15) is 9.59 Å². The summed E-state index contributed by atoms with van der Waals surface area (Å²) < 4.78 is 2.60. The molecule has 0 saturated heterocycles. The molecule has 2 amide bonds. The maximum Gasteiger partial charge on any atom is 0.261 e. The van der Waals surface area contributed by atoms with Gasteiger partial charge in [0, 0.05) is 35.7 Å². The van der Waals surface area contributed by atoms with Crippen molar-refractivity contribution in [2.24, 2.45) is 0 Å². The van der Waals surface area contributed by atoms with Crippen molar-refractivity contribution in [3.63, 3.8) is 0 Å². The van der Waals surface area contributed by atoms with Gasteiger partial charge in [0.15, 0.2) is 0 Å². The van der Waals surface area contributed by atoms with Gasteiger partial charge in [0.25, 0.3) is 11.8 Å². The Balaban J connectivity index is 1.39. The van der Waals surface area contributed by atoms with Crippen molar-refractivity contribution in [2.45, 2.75) is 37.9 Å². The summed E-state index contributed by atoms with van der Waals surface area (Å²) in [6.07, 6.45) is 6.32. The Morgan fingerprint density at radius 2 is 1.78 bits per heavy atom. The molecule has 32 heavy (non-hydrogen) atoms. The van der Waals surface area contributed by atoms with Crippen molar-refractivity contribution < 1.29 is 9.59 Å². The second-order valence-corrected chi connectivity index (χ2v) is 9.91. The molecule has 0 bridgehead atoms. The third-order valence-corrected chi connectivity index (χ3v) is 6.76. The fourth-order valence-electron chi connectivity index (χ4n) is 3.98. The van der Waals surface area contributed by atoms with Gasteiger partial charge in [0.2, 0.25) is 0 Å².